The zero-order valence-electron chi connectivity index (χ0n) is 19.6. The Bertz CT molecular complexity index is 1020. The number of benzene rings is 1. The minimum atomic E-state index is -1.78. The standard InChI is InChI=1S/C22H29N5O10/c23-12(6-7-17(29)30)19(33)25-13(8-11-4-2-1-3-5-11)20(34)26-14(10-18(31)32)21(35)27-15(22(36)37)9-16(24)28/h1-5,12-15H,6-10,23H2,(H2,24,28)(H,25,33)(H,26,34)(H,27,35)(H,29,30)(H,31,32)(H,36,37). The van der Waals surface area contributed by atoms with Gasteiger partial charge < -0.3 is 42.7 Å². The lowest BCUT2D eigenvalue weighted by atomic mass is 10.0. The fourth-order valence-electron chi connectivity index (χ4n) is 3.08. The van der Waals surface area contributed by atoms with E-state index in [9.17, 15) is 43.8 Å². The highest BCUT2D eigenvalue weighted by Gasteiger charge is 2.32. The number of nitrogens with two attached hydrogens (primary N) is 2. The monoisotopic (exact) mass is 523 g/mol. The Labute approximate surface area is 210 Å². The van der Waals surface area contributed by atoms with Crippen molar-refractivity contribution in [1.29, 1.82) is 0 Å². The van der Waals surface area contributed by atoms with E-state index in [1.165, 1.54) is 0 Å². The van der Waals surface area contributed by atoms with Crippen molar-refractivity contribution in [2.45, 2.75) is 56.3 Å². The lowest BCUT2D eigenvalue weighted by Gasteiger charge is -2.24. The van der Waals surface area contributed by atoms with Gasteiger partial charge in [-0.25, -0.2) is 4.79 Å². The molecule has 0 saturated heterocycles. The quantitative estimate of drug-likeness (QED) is 0.110. The highest BCUT2D eigenvalue weighted by Crippen LogP contribution is 2.06. The van der Waals surface area contributed by atoms with Gasteiger partial charge in [-0.15, -0.1) is 0 Å². The molecular weight excluding hydrogens is 494 g/mol. The summed E-state index contributed by atoms with van der Waals surface area (Å²) in [6.07, 6.45) is -2.46. The summed E-state index contributed by atoms with van der Waals surface area (Å²) in [7, 11) is 0. The topological polar surface area (TPSA) is 268 Å². The molecule has 4 unspecified atom stereocenters. The molecule has 0 aliphatic carbocycles. The summed E-state index contributed by atoms with van der Waals surface area (Å²) >= 11 is 0. The first-order valence-electron chi connectivity index (χ1n) is 11.0. The fraction of sp³-hybridized carbons (Fsp3) is 0.409. The fourth-order valence-corrected chi connectivity index (χ4v) is 3.08. The van der Waals surface area contributed by atoms with E-state index in [2.05, 4.69) is 10.6 Å². The highest BCUT2D eigenvalue weighted by atomic mass is 16.4. The van der Waals surface area contributed by atoms with Crippen molar-refractivity contribution in [2.24, 2.45) is 11.5 Å². The van der Waals surface area contributed by atoms with Gasteiger partial charge in [0.1, 0.15) is 18.1 Å². The summed E-state index contributed by atoms with van der Waals surface area (Å²) in [6.45, 7) is 0. The van der Waals surface area contributed by atoms with Crippen molar-refractivity contribution in [2.75, 3.05) is 0 Å². The first-order valence-corrected chi connectivity index (χ1v) is 11.0. The summed E-state index contributed by atoms with van der Waals surface area (Å²) in [5.74, 6) is -8.42. The van der Waals surface area contributed by atoms with E-state index in [0.29, 0.717) is 5.56 Å². The van der Waals surface area contributed by atoms with Crippen LogP contribution in [0, 0.1) is 0 Å². The highest BCUT2D eigenvalue weighted by molar-refractivity contribution is 5.96. The van der Waals surface area contributed by atoms with Crippen LogP contribution in [0.25, 0.3) is 0 Å². The molecule has 0 spiro atoms. The molecule has 15 heteroatoms. The normalized spacial score (nSPS) is 13.8. The van der Waals surface area contributed by atoms with Crippen LogP contribution in [0.3, 0.4) is 0 Å². The molecule has 202 valence electrons. The van der Waals surface area contributed by atoms with Crippen LogP contribution in [0.15, 0.2) is 30.3 Å². The van der Waals surface area contributed by atoms with E-state index in [-0.39, 0.29) is 12.8 Å². The number of aliphatic carboxylic acids is 3. The minimum absolute atomic E-state index is 0.106. The maximum absolute atomic E-state index is 13.0. The van der Waals surface area contributed by atoms with Gasteiger partial charge in [0.25, 0.3) is 0 Å². The maximum Gasteiger partial charge on any atom is 0.326 e. The van der Waals surface area contributed by atoms with Crippen molar-refractivity contribution < 1.29 is 48.9 Å². The maximum atomic E-state index is 13.0. The lowest BCUT2D eigenvalue weighted by molar-refractivity contribution is -0.145. The molecule has 0 heterocycles. The van der Waals surface area contributed by atoms with Crippen molar-refractivity contribution in [3.05, 3.63) is 35.9 Å². The molecule has 1 aromatic rings. The number of carboxylic acid groups (broad SMARTS) is 3. The van der Waals surface area contributed by atoms with Crippen LogP contribution in [0.5, 0.6) is 0 Å². The molecule has 0 aliphatic rings. The SMILES string of the molecule is NC(=O)CC(NC(=O)C(CC(=O)O)NC(=O)C(Cc1ccccc1)NC(=O)C(N)CCC(=O)O)C(=O)O. The molecule has 10 N–H and O–H groups in total. The number of carbonyl (C=O) groups excluding carboxylic acids is 4. The Balaban J connectivity index is 3.11. The van der Waals surface area contributed by atoms with Gasteiger partial charge in [-0.3, -0.25) is 28.8 Å². The lowest BCUT2D eigenvalue weighted by Crippen LogP contribution is -2.58. The van der Waals surface area contributed by atoms with Crippen molar-refractivity contribution in [3.63, 3.8) is 0 Å². The molecule has 15 nitrogen and oxygen atoms in total. The van der Waals surface area contributed by atoms with Crippen LogP contribution in [0.4, 0.5) is 0 Å². The van der Waals surface area contributed by atoms with Gasteiger partial charge in [0.15, 0.2) is 0 Å². The van der Waals surface area contributed by atoms with Gasteiger partial charge in [0, 0.05) is 12.8 Å². The minimum Gasteiger partial charge on any atom is -0.481 e. The first kappa shape index (κ1) is 30.5. The average molecular weight is 523 g/mol. The molecule has 0 fully saturated rings. The van der Waals surface area contributed by atoms with Gasteiger partial charge in [-0.2, -0.15) is 0 Å². The van der Waals surface area contributed by atoms with Gasteiger partial charge in [0.2, 0.25) is 23.6 Å². The average Bonchev–Trinajstić information content (AvgIpc) is 2.80. The Kier molecular flexibility index (Phi) is 12.2. The summed E-state index contributed by atoms with van der Waals surface area (Å²) in [4.78, 5) is 82.6. The van der Waals surface area contributed by atoms with Gasteiger partial charge >= 0.3 is 17.9 Å². The molecule has 0 radical (unpaired) electrons. The van der Waals surface area contributed by atoms with E-state index in [1.54, 1.807) is 30.3 Å². The second kappa shape index (κ2) is 14.8. The third-order valence-electron chi connectivity index (χ3n) is 4.95. The van der Waals surface area contributed by atoms with Gasteiger partial charge in [-0.05, 0) is 12.0 Å². The Morgan fingerprint density at radius 1 is 0.730 bits per heavy atom. The van der Waals surface area contributed by atoms with Crippen LogP contribution in [0.2, 0.25) is 0 Å². The number of carbonyl (C=O) groups is 7. The van der Waals surface area contributed by atoms with E-state index < -0.39 is 85.0 Å². The molecular formula is C22H29N5O10. The molecule has 37 heavy (non-hydrogen) atoms. The predicted molar refractivity (Wildman–Crippen MR) is 124 cm³/mol. The van der Waals surface area contributed by atoms with Crippen molar-refractivity contribution >= 4 is 41.5 Å². The number of primary amides is 1. The van der Waals surface area contributed by atoms with Crippen LogP contribution in [-0.4, -0.2) is 81.0 Å². The summed E-state index contributed by atoms with van der Waals surface area (Å²) in [6, 6.07) is 2.12. The smallest absolute Gasteiger partial charge is 0.326 e. The van der Waals surface area contributed by atoms with Gasteiger partial charge in [-0.1, -0.05) is 30.3 Å². The van der Waals surface area contributed by atoms with Gasteiger partial charge in [0.05, 0.1) is 18.9 Å². The number of amides is 4. The number of nitrogens with one attached hydrogen (secondary N) is 3. The number of hydrogen-bond donors (Lipinski definition) is 8. The van der Waals surface area contributed by atoms with Crippen molar-refractivity contribution in [3.8, 4) is 0 Å². The second-order valence-corrected chi connectivity index (χ2v) is 8.02. The molecule has 1 rings (SSSR count). The second-order valence-electron chi connectivity index (χ2n) is 8.02. The third kappa shape index (κ3) is 11.6. The van der Waals surface area contributed by atoms with E-state index >= 15 is 0 Å². The van der Waals surface area contributed by atoms with E-state index in [1.807, 2.05) is 5.32 Å². The zero-order valence-corrected chi connectivity index (χ0v) is 19.6. The van der Waals surface area contributed by atoms with Crippen molar-refractivity contribution in [1.82, 2.24) is 16.0 Å². The molecule has 4 atom stereocenters. The van der Waals surface area contributed by atoms with E-state index in [0.717, 1.165) is 0 Å². The first-order chi connectivity index (χ1) is 17.3. The number of hydrogen-bond acceptors (Lipinski definition) is 8. The Morgan fingerprint density at radius 3 is 1.78 bits per heavy atom. The Hall–Kier alpha value is -4.53. The molecule has 0 saturated carbocycles. The number of carboxylic acids is 3. The predicted octanol–water partition coefficient (Wildman–Crippen LogP) is -2.69. The summed E-state index contributed by atoms with van der Waals surface area (Å²) in [5.41, 5.74) is 11.2. The van der Waals surface area contributed by atoms with Crippen LogP contribution in [0.1, 0.15) is 31.2 Å². The van der Waals surface area contributed by atoms with Crippen LogP contribution in [-0.2, 0) is 40.0 Å². The largest absolute Gasteiger partial charge is 0.481 e. The molecule has 0 aromatic heterocycles. The molecule has 0 bridgehead atoms. The number of rotatable bonds is 16. The van der Waals surface area contributed by atoms with Crippen LogP contribution < -0.4 is 27.4 Å². The van der Waals surface area contributed by atoms with E-state index in [4.69, 9.17) is 16.6 Å². The molecule has 0 aliphatic heterocycles. The van der Waals surface area contributed by atoms with Crippen LogP contribution >= 0.6 is 0 Å². The zero-order chi connectivity index (χ0) is 28.1. The molecule has 4 amide bonds. The Morgan fingerprint density at radius 2 is 1.27 bits per heavy atom. The summed E-state index contributed by atoms with van der Waals surface area (Å²) in [5, 5.41) is 33.6. The summed E-state index contributed by atoms with van der Waals surface area (Å²) < 4.78 is 0. The molecule has 1 aromatic carbocycles. The third-order valence-corrected chi connectivity index (χ3v) is 4.95.